The minimum absolute atomic E-state index is 0.0366. The van der Waals surface area contributed by atoms with Crippen LogP contribution in [0.25, 0.3) is 0 Å². The summed E-state index contributed by atoms with van der Waals surface area (Å²) in [6.07, 6.45) is 2.41. The largest absolute Gasteiger partial charge is 0.508 e. The molecule has 0 aliphatic carbocycles. The number of nitrogens with zero attached hydrogens (tertiary/aromatic N) is 3. The molecule has 2 saturated heterocycles. The van der Waals surface area contributed by atoms with Gasteiger partial charge in [-0.1, -0.05) is 30.3 Å². The summed E-state index contributed by atoms with van der Waals surface area (Å²) in [6, 6.07) is 29.3. The van der Waals surface area contributed by atoms with Crippen LogP contribution in [-0.4, -0.2) is 74.4 Å². The fourth-order valence-electron chi connectivity index (χ4n) is 8.83. The van der Waals surface area contributed by atoms with Gasteiger partial charge in [0.05, 0.1) is 7.11 Å². The molecule has 260 valence electrons. The first kappa shape index (κ1) is 32.5. The molecule has 0 radical (unpaired) electrons. The van der Waals surface area contributed by atoms with E-state index in [1.54, 1.807) is 19.2 Å². The molecule has 2 N–H and O–H groups in total. The molecule has 8 nitrogen and oxygen atoms in total. The fourth-order valence-corrected chi connectivity index (χ4v) is 8.83. The van der Waals surface area contributed by atoms with Gasteiger partial charge in [0.25, 0.3) is 5.91 Å². The number of phenols is 1. The van der Waals surface area contributed by atoms with Crippen molar-refractivity contribution in [3.8, 4) is 17.2 Å². The molecule has 4 aromatic carbocycles. The van der Waals surface area contributed by atoms with E-state index in [2.05, 4.69) is 88.5 Å². The number of carbonyl (C=O) groups is 1. The summed E-state index contributed by atoms with van der Waals surface area (Å²) in [5, 5.41) is 13.3. The van der Waals surface area contributed by atoms with E-state index in [4.69, 9.17) is 9.47 Å². The third-order valence-electron chi connectivity index (χ3n) is 11.5. The second kappa shape index (κ2) is 13.2. The Kier molecular flexibility index (Phi) is 8.59. The number of hydrogen-bond donors (Lipinski definition) is 2. The van der Waals surface area contributed by atoms with Gasteiger partial charge in [-0.25, -0.2) is 0 Å². The van der Waals surface area contributed by atoms with Gasteiger partial charge in [-0.05, 0) is 97.8 Å². The van der Waals surface area contributed by atoms with Crippen LogP contribution in [0.15, 0.2) is 84.9 Å². The highest BCUT2D eigenvalue weighted by atomic mass is 16.5. The van der Waals surface area contributed by atoms with Crippen LogP contribution in [-0.2, 0) is 6.54 Å². The summed E-state index contributed by atoms with van der Waals surface area (Å²) in [5.41, 5.74) is 7.43. The van der Waals surface area contributed by atoms with Crippen molar-refractivity contribution in [3.63, 3.8) is 0 Å². The standard InChI is InChI=1S/C42H48N4O4/c1-42(2)40(30-5-4-6-35(24-30)49-3)39(37-14-12-34(47)25-38(37)50-42)29-7-9-32(10-8-29)45-17-15-28(16-18-45)27-44-19-21-46(22-20-44)33-11-13-36-31(23-33)26-43-41(36)48/h4-14,23-25,28,39-40,47H,15-22,26-27H2,1-3H3,(H,43,48)/t39-,40-/m1/s1. The minimum Gasteiger partial charge on any atom is -0.508 e. The van der Waals surface area contributed by atoms with Gasteiger partial charge in [-0.3, -0.25) is 9.69 Å². The average Bonchev–Trinajstić information content (AvgIpc) is 3.51. The second-order valence-corrected chi connectivity index (χ2v) is 15.0. The number of anilines is 2. The lowest BCUT2D eigenvalue weighted by atomic mass is 9.68. The Hall–Kier alpha value is -4.69. The summed E-state index contributed by atoms with van der Waals surface area (Å²) in [7, 11) is 1.71. The molecule has 2 fully saturated rings. The smallest absolute Gasteiger partial charge is 0.251 e. The van der Waals surface area contributed by atoms with E-state index in [1.165, 1.54) is 41.9 Å². The van der Waals surface area contributed by atoms with Crippen molar-refractivity contribution in [2.75, 3.05) is 62.7 Å². The van der Waals surface area contributed by atoms with E-state index in [0.717, 1.165) is 73.4 Å². The minimum atomic E-state index is -0.522. The molecule has 0 aromatic heterocycles. The molecule has 0 saturated carbocycles. The lowest BCUT2D eigenvalue weighted by molar-refractivity contribution is 0.0527. The normalized spacial score (nSPS) is 22.0. The molecule has 4 aliphatic rings. The predicted molar refractivity (Wildman–Crippen MR) is 198 cm³/mol. The first-order valence-electron chi connectivity index (χ1n) is 18.1. The topological polar surface area (TPSA) is 77.5 Å². The Morgan fingerprint density at radius 2 is 1.58 bits per heavy atom. The Bertz CT molecular complexity index is 1860. The molecular weight excluding hydrogens is 624 g/mol. The van der Waals surface area contributed by atoms with Crippen molar-refractivity contribution < 1.29 is 19.4 Å². The average molecular weight is 673 g/mol. The van der Waals surface area contributed by atoms with Gasteiger partial charge in [-0.15, -0.1) is 0 Å². The van der Waals surface area contributed by atoms with E-state index in [9.17, 15) is 9.90 Å². The van der Waals surface area contributed by atoms with Crippen LogP contribution in [0.3, 0.4) is 0 Å². The summed E-state index contributed by atoms with van der Waals surface area (Å²) in [4.78, 5) is 19.6. The zero-order valence-electron chi connectivity index (χ0n) is 29.4. The molecule has 8 heteroatoms. The summed E-state index contributed by atoms with van der Waals surface area (Å²) >= 11 is 0. The van der Waals surface area contributed by atoms with Crippen LogP contribution in [0.5, 0.6) is 17.2 Å². The summed E-state index contributed by atoms with van der Waals surface area (Å²) in [5.74, 6) is 2.64. The van der Waals surface area contributed by atoms with Crippen LogP contribution in [0.1, 0.15) is 71.1 Å². The number of phenolic OH excluding ortho intramolecular Hbond substituents is 1. The SMILES string of the molecule is COc1cccc([C@@H]2[C@H](c3ccc(N4CCC(CN5CCN(c6ccc7c(c6)CNC7=O)CC5)CC4)cc3)c3ccc(O)cc3OC2(C)C)c1. The Labute approximate surface area is 295 Å². The summed E-state index contributed by atoms with van der Waals surface area (Å²) < 4.78 is 12.2. The number of carbonyl (C=O) groups excluding carboxylic acids is 1. The van der Waals surface area contributed by atoms with Gasteiger partial charge in [0.15, 0.2) is 0 Å². The molecule has 50 heavy (non-hydrogen) atoms. The first-order valence-corrected chi connectivity index (χ1v) is 18.1. The molecule has 0 bridgehead atoms. The number of aromatic hydroxyl groups is 1. The van der Waals surface area contributed by atoms with Crippen LogP contribution >= 0.6 is 0 Å². The Morgan fingerprint density at radius 1 is 0.840 bits per heavy atom. The molecule has 1 amide bonds. The third kappa shape index (κ3) is 6.26. The lowest BCUT2D eigenvalue weighted by Gasteiger charge is -2.46. The summed E-state index contributed by atoms with van der Waals surface area (Å²) in [6.45, 7) is 12.5. The van der Waals surface area contributed by atoms with Crippen molar-refractivity contribution in [1.29, 1.82) is 0 Å². The zero-order chi connectivity index (χ0) is 34.4. The molecule has 0 spiro atoms. The first-order chi connectivity index (χ1) is 24.3. The van der Waals surface area contributed by atoms with Crippen molar-refractivity contribution in [2.45, 2.75) is 50.7 Å². The maximum atomic E-state index is 11.9. The van der Waals surface area contributed by atoms with E-state index in [0.29, 0.717) is 6.54 Å². The highest BCUT2D eigenvalue weighted by Crippen LogP contribution is 2.54. The molecule has 2 atom stereocenters. The number of hydrogen-bond acceptors (Lipinski definition) is 7. The van der Waals surface area contributed by atoms with Gasteiger partial charge in [0, 0.05) is 92.8 Å². The van der Waals surface area contributed by atoms with Crippen molar-refractivity contribution in [3.05, 3.63) is 113 Å². The maximum Gasteiger partial charge on any atom is 0.251 e. The zero-order valence-corrected chi connectivity index (χ0v) is 29.4. The molecule has 4 aliphatic heterocycles. The number of ether oxygens (including phenoxy) is 2. The van der Waals surface area contributed by atoms with E-state index in [1.807, 2.05) is 18.2 Å². The van der Waals surface area contributed by atoms with Crippen LogP contribution < -0.4 is 24.6 Å². The van der Waals surface area contributed by atoms with E-state index < -0.39 is 5.60 Å². The number of amides is 1. The highest BCUT2D eigenvalue weighted by molar-refractivity contribution is 5.98. The molecule has 8 rings (SSSR count). The monoisotopic (exact) mass is 672 g/mol. The Morgan fingerprint density at radius 3 is 2.34 bits per heavy atom. The van der Waals surface area contributed by atoms with Crippen molar-refractivity contribution in [2.24, 2.45) is 5.92 Å². The van der Waals surface area contributed by atoms with Crippen LogP contribution in [0, 0.1) is 5.92 Å². The van der Waals surface area contributed by atoms with E-state index >= 15 is 0 Å². The fraction of sp³-hybridized carbons (Fsp3) is 0.405. The highest BCUT2D eigenvalue weighted by Gasteiger charge is 2.45. The number of piperidine rings is 1. The van der Waals surface area contributed by atoms with Gasteiger partial charge in [0.2, 0.25) is 0 Å². The van der Waals surface area contributed by atoms with Crippen LogP contribution in [0.4, 0.5) is 11.4 Å². The van der Waals surface area contributed by atoms with Gasteiger partial charge in [-0.2, -0.15) is 0 Å². The van der Waals surface area contributed by atoms with Crippen molar-refractivity contribution in [1.82, 2.24) is 10.2 Å². The number of fused-ring (bicyclic) bond motifs is 2. The predicted octanol–water partition coefficient (Wildman–Crippen LogP) is 6.77. The van der Waals surface area contributed by atoms with E-state index in [-0.39, 0.29) is 23.5 Å². The lowest BCUT2D eigenvalue weighted by Crippen LogP contribution is -2.49. The van der Waals surface area contributed by atoms with Crippen molar-refractivity contribution >= 4 is 17.3 Å². The van der Waals surface area contributed by atoms with Gasteiger partial charge >= 0.3 is 0 Å². The van der Waals surface area contributed by atoms with Crippen LogP contribution in [0.2, 0.25) is 0 Å². The number of rotatable bonds is 7. The second-order valence-electron chi connectivity index (χ2n) is 15.0. The molecule has 0 unspecified atom stereocenters. The molecular formula is C42H48N4O4. The number of piperazine rings is 1. The number of methoxy groups -OCH3 is 1. The Balaban J connectivity index is 0.916. The molecule has 4 heterocycles. The van der Waals surface area contributed by atoms with Gasteiger partial charge < -0.3 is 29.7 Å². The number of nitrogens with one attached hydrogen (secondary N) is 1. The maximum absolute atomic E-state index is 11.9. The van der Waals surface area contributed by atoms with Gasteiger partial charge in [0.1, 0.15) is 22.8 Å². The molecule has 4 aromatic rings. The third-order valence-corrected chi connectivity index (χ3v) is 11.5. The quantitative estimate of drug-likeness (QED) is 0.225. The number of benzene rings is 4.